The summed E-state index contributed by atoms with van der Waals surface area (Å²) in [6.45, 7) is 1.28. The van der Waals surface area contributed by atoms with Crippen LogP contribution in [0.15, 0.2) is 58.8 Å². The molecule has 3 aromatic rings. The van der Waals surface area contributed by atoms with Gasteiger partial charge in [0.2, 0.25) is 0 Å². The molecule has 2 aliphatic rings. The molecule has 2 aliphatic heterocycles. The van der Waals surface area contributed by atoms with E-state index >= 15 is 0 Å². The first-order chi connectivity index (χ1) is 14.9. The summed E-state index contributed by atoms with van der Waals surface area (Å²) in [5.74, 6) is 0.435. The standard InChI is InChI=1S/C21H19ClN4O3S2/c22-16-7-4-8-17-15(16)9-11-25(17)18-10-12-26(20(18)27)19-13-30-21(23-19)24-31(28,29)14-5-2-1-3-6-14/h1-8,13,18H,9-12H2,(H,23,24)/t18-/m0/s1. The van der Waals surface area contributed by atoms with Gasteiger partial charge >= 0.3 is 0 Å². The molecule has 0 spiro atoms. The molecule has 0 saturated carbocycles. The van der Waals surface area contributed by atoms with Crippen molar-refractivity contribution in [2.24, 2.45) is 0 Å². The van der Waals surface area contributed by atoms with Crippen molar-refractivity contribution in [3.63, 3.8) is 0 Å². The highest BCUT2D eigenvalue weighted by Crippen LogP contribution is 2.37. The SMILES string of the molecule is O=C1[C@@H](N2CCc3c(Cl)cccc32)CCN1c1csc(NS(=O)(=O)c2ccccc2)n1. The molecule has 2 aromatic carbocycles. The number of halogens is 1. The number of sulfonamides is 1. The summed E-state index contributed by atoms with van der Waals surface area (Å²) in [5.41, 5.74) is 2.10. The summed E-state index contributed by atoms with van der Waals surface area (Å²) in [6, 6.07) is 13.6. The molecule has 0 unspecified atom stereocenters. The summed E-state index contributed by atoms with van der Waals surface area (Å²) in [7, 11) is -3.72. The average molecular weight is 475 g/mol. The van der Waals surface area contributed by atoms with Gasteiger partial charge in [-0.1, -0.05) is 35.9 Å². The van der Waals surface area contributed by atoms with Gasteiger partial charge in [0.05, 0.1) is 4.90 Å². The largest absolute Gasteiger partial charge is 0.359 e. The van der Waals surface area contributed by atoms with E-state index in [9.17, 15) is 13.2 Å². The fraction of sp³-hybridized carbons (Fsp3) is 0.238. The molecular formula is C21H19ClN4O3S2. The topological polar surface area (TPSA) is 82.6 Å². The van der Waals surface area contributed by atoms with Crippen LogP contribution in [0.5, 0.6) is 0 Å². The molecule has 160 valence electrons. The number of fused-ring (bicyclic) bond motifs is 1. The Bertz CT molecular complexity index is 1250. The first-order valence-electron chi connectivity index (χ1n) is 9.83. The van der Waals surface area contributed by atoms with Crippen molar-refractivity contribution in [2.45, 2.75) is 23.8 Å². The Morgan fingerprint density at radius 2 is 1.90 bits per heavy atom. The first-order valence-corrected chi connectivity index (χ1v) is 12.6. The zero-order valence-electron chi connectivity index (χ0n) is 16.4. The van der Waals surface area contributed by atoms with E-state index in [0.29, 0.717) is 18.8 Å². The molecule has 1 atom stereocenters. The van der Waals surface area contributed by atoms with Gasteiger partial charge in [-0.15, -0.1) is 11.3 Å². The smallest absolute Gasteiger partial charge is 0.263 e. The molecule has 1 aromatic heterocycles. The minimum atomic E-state index is -3.72. The molecule has 0 radical (unpaired) electrons. The predicted molar refractivity (Wildman–Crippen MR) is 123 cm³/mol. The number of carbonyl (C=O) groups is 1. The quantitative estimate of drug-likeness (QED) is 0.608. The molecule has 1 saturated heterocycles. The van der Waals surface area contributed by atoms with Gasteiger partial charge in [0, 0.05) is 29.2 Å². The van der Waals surface area contributed by atoms with E-state index in [4.69, 9.17) is 11.6 Å². The van der Waals surface area contributed by atoms with Crippen molar-refractivity contribution in [3.05, 3.63) is 64.5 Å². The lowest BCUT2D eigenvalue weighted by molar-refractivity contribution is -0.118. The van der Waals surface area contributed by atoms with Crippen molar-refractivity contribution in [3.8, 4) is 0 Å². The van der Waals surface area contributed by atoms with Crippen LogP contribution in [-0.4, -0.2) is 38.4 Å². The number of nitrogens with one attached hydrogen (secondary N) is 1. The second kappa shape index (κ2) is 7.81. The maximum Gasteiger partial charge on any atom is 0.263 e. The maximum atomic E-state index is 13.2. The lowest BCUT2D eigenvalue weighted by Crippen LogP contribution is -2.41. The van der Waals surface area contributed by atoms with Crippen LogP contribution in [0.2, 0.25) is 5.02 Å². The van der Waals surface area contributed by atoms with E-state index in [1.54, 1.807) is 28.5 Å². The van der Waals surface area contributed by atoms with Crippen LogP contribution in [-0.2, 0) is 21.2 Å². The number of aromatic nitrogens is 1. The molecule has 5 rings (SSSR count). The second-order valence-corrected chi connectivity index (χ2v) is 10.4. The number of anilines is 3. The Kier molecular flexibility index (Phi) is 5.11. The summed E-state index contributed by atoms with van der Waals surface area (Å²) < 4.78 is 27.5. The van der Waals surface area contributed by atoms with Gasteiger partial charge in [0.15, 0.2) is 5.13 Å². The van der Waals surface area contributed by atoms with E-state index in [2.05, 4.69) is 14.6 Å². The first kappa shape index (κ1) is 20.3. The third kappa shape index (κ3) is 3.66. The van der Waals surface area contributed by atoms with Gasteiger partial charge in [-0.05, 0) is 42.7 Å². The predicted octanol–water partition coefficient (Wildman–Crippen LogP) is 3.77. The van der Waals surface area contributed by atoms with Crippen molar-refractivity contribution in [1.29, 1.82) is 0 Å². The van der Waals surface area contributed by atoms with Crippen LogP contribution < -0.4 is 14.5 Å². The molecule has 0 aliphatic carbocycles. The number of amides is 1. The third-order valence-electron chi connectivity index (χ3n) is 5.60. The van der Waals surface area contributed by atoms with E-state index in [-0.39, 0.29) is 22.0 Å². The van der Waals surface area contributed by atoms with Crippen LogP contribution in [0.4, 0.5) is 16.6 Å². The van der Waals surface area contributed by atoms with Crippen molar-refractivity contribution < 1.29 is 13.2 Å². The Labute approximate surface area is 189 Å². The van der Waals surface area contributed by atoms with Gasteiger partial charge in [0.1, 0.15) is 11.9 Å². The van der Waals surface area contributed by atoms with Crippen molar-refractivity contribution in [1.82, 2.24) is 4.98 Å². The van der Waals surface area contributed by atoms with Gasteiger partial charge in [-0.25, -0.2) is 13.4 Å². The Morgan fingerprint density at radius 1 is 1.10 bits per heavy atom. The number of hydrogen-bond donors (Lipinski definition) is 1. The van der Waals surface area contributed by atoms with Crippen LogP contribution in [0.1, 0.15) is 12.0 Å². The van der Waals surface area contributed by atoms with Crippen molar-refractivity contribution in [2.75, 3.05) is 27.6 Å². The second-order valence-electron chi connectivity index (χ2n) is 7.40. The molecule has 1 N–H and O–H groups in total. The number of hydrogen-bond acceptors (Lipinski definition) is 6. The van der Waals surface area contributed by atoms with Gasteiger partial charge in [0.25, 0.3) is 15.9 Å². The van der Waals surface area contributed by atoms with Gasteiger partial charge in [-0.2, -0.15) is 0 Å². The van der Waals surface area contributed by atoms with E-state index in [1.807, 2.05) is 18.2 Å². The average Bonchev–Trinajstić information content (AvgIpc) is 3.47. The van der Waals surface area contributed by atoms with Crippen molar-refractivity contribution >= 4 is 55.5 Å². The number of thiazole rings is 1. The third-order valence-corrected chi connectivity index (χ3v) is 8.19. The van der Waals surface area contributed by atoms with Gasteiger partial charge in [-0.3, -0.25) is 14.4 Å². The minimum absolute atomic E-state index is 0.0319. The normalized spacial score (nSPS) is 18.5. The fourth-order valence-corrected chi connectivity index (χ4v) is 6.37. The summed E-state index contributed by atoms with van der Waals surface area (Å²) >= 11 is 7.47. The van der Waals surface area contributed by atoms with E-state index < -0.39 is 10.0 Å². The molecule has 1 amide bonds. The van der Waals surface area contributed by atoms with Crippen LogP contribution >= 0.6 is 22.9 Å². The van der Waals surface area contributed by atoms with Gasteiger partial charge < -0.3 is 4.90 Å². The highest BCUT2D eigenvalue weighted by molar-refractivity contribution is 7.93. The summed E-state index contributed by atoms with van der Waals surface area (Å²) in [6.07, 6.45) is 1.49. The molecular weight excluding hydrogens is 456 g/mol. The number of nitrogens with zero attached hydrogens (tertiary/aromatic N) is 3. The molecule has 31 heavy (non-hydrogen) atoms. The molecule has 0 bridgehead atoms. The van der Waals surface area contributed by atoms with Crippen LogP contribution in [0, 0.1) is 0 Å². The molecule has 7 nitrogen and oxygen atoms in total. The Hall–Kier alpha value is -2.62. The zero-order valence-corrected chi connectivity index (χ0v) is 18.8. The Morgan fingerprint density at radius 3 is 2.71 bits per heavy atom. The monoisotopic (exact) mass is 474 g/mol. The summed E-state index contributed by atoms with van der Waals surface area (Å²) in [4.78, 5) is 21.5. The lowest BCUT2D eigenvalue weighted by Gasteiger charge is -2.25. The maximum absolute atomic E-state index is 13.2. The highest BCUT2D eigenvalue weighted by atomic mass is 35.5. The lowest BCUT2D eigenvalue weighted by atomic mass is 10.1. The molecule has 1 fully saturated rings. The number of benzene rings is 2. The number of carbonyl (C=O) groups excluding carboxylic acids is 1. The molecule has 10 heteroatoms. The van der Waals surface area contributed by atoms with Crippen LogP contribution in [0.25, 0.3) is 0 Å². The number of rotatable bonds is 5. The van der Waals surface area contributed by atoms with Crippen LogP contribution in [0.3, 0.4) is 0 Å². The summed E-state index contributed by atoms with van der Waals surface area (Å²) in [5, 5.41) is 2.67. The molecule has 3 heterocycles. The van der Waals surface area contributed by atoms with E-state index in [0.717, 1.165) is 40.6 Å². The zero-order chi connectivity index (χ0) is 21.6. The van der Waals surface area contributed by atoms with E-state index in [1.165, 1.54) is 12.1 Å². The highest BCUT2D eigenvalue weighted by Gasteiger charge is 2.40. The Balaban J connectivity index is 1.33. The minimum Gasteiger partial charge on any atom is -0.359 e. The fourth-order valence-electron chi connectivity index (χ4n) is 4.13.